The van der Waals surface area contributed by atoms with Crippen LogP contribution in [0.1, 0.15) is 21.5 Å². The van der Waals surface area contributed by atoms with Gasteiger partial charge in [-0.05, 0) is 73.2 Å². The van der Waals surface area contributed by atoms with Crippen LogP contribution >= 0.6 is 23.4 Å². The summed E-state index contributed by atoms with van der Waals surface area (Å²) in [5.74, 6) is -0.878. The first-order valence-electron chi connectivity index (χ1n) is 16.0. The van der Waals surface area contributed by atoms with Crippen molar-refractivity contribution in [2.24, 2.45) is 10.2 Å². The van der Waals surface area contributed by atoms with E-state index < -0.39 is 21.0 Å². The smallest absolute Gasteiger partial charge is 0.335 e. The van der Waals surface area contributed by atoms with Crippen LogP contribution in [0.5, 0.6) is 0 Å². The molecule has 0 spiro atoms. The van der Waals surface area contributed by atoms with Crippen molar-refractivity contribution in [2.75, 3.05) is 10.6 Å². The molecule has 0 aliphatic heterocycles. The van der Waals surface area contributed by atoms with E-state index in [0.29, 0.717) is 32.4 Å². The van der Waals surface area contributed by atoms with E-state index in [0.717, 1.165) is 16.7 Å². The van der Waals surface area contributed by atoms with Crippen molar-refractivity contribution in [3.05, 3.63) is 120 Å². The van der Waals surface area contributed by atoms with E-state index >= 15 is 0 Å². The molecule has 7 aromatic rings. The highest BCUT2D eigenvalue weighted by Gasteiger charge is 2.24. The number of nitrogens with one attached hydrogen (secondary N) is 2. The third-order valence-electron chi connectivity index (χ3n) is 7.95. The molecule has 0 saturated carbocycles. The summed E-state index contributed by atoms with van der Waals surface area (Å²) in [6.07, 6.45) is 0. The highest BCUT2D eigenvalue weighted by atomic mass is 32.2. The maximum Gasteiger partial charge on any atom is 0.335 e. The van der Waals surface area contributed by atoms with E-state index in [2.05, 4.69) is 41.3 Å². The van der Waals surface area contributed by atoms with Gasteiger partial charge in [-0.15, -0.1) is 14.6 Å². The number of hydrogen-bond donors (Lipinski definition) is 5. The van der Waals surface area contributed by atoms with Crippen LogP contribution < -0.4 is 10.6 Å². The molecule has 56 heavy (non-hydrogen) atoms. The second-order valence-corrected chi connectivity index (χ2v) is 14.8. The molecule has 4 aromatic carbocycles. The van der Waals surface area contributed by atoms with Crippen molar-refractivity contribution in [3.63, 3.8) is 0 Å². The van der Waals surface area contributed by atoms with Crippen LogP contribution in [0.25, 0.3) is 26.6 Å². The molecule has 0 amide bonds. The molecule has 0 atom stereocenters. The summed E-state index contributed by atoms with van der Waals surface area (Å²) in [7, 11) is -4.69. The molecular weight excluding hydrogens is 783 g/mol. The fourth-order valence-corrected chi connectivity index (χ4v) is 7.38. The molecule has 20 heteroatoms. The van der Waals surface area contributed by atoms with E-state index in [9.17, 15) is 28.1 Å². The molecule has 0 bridgehead atoms. The third-order valence-corrected chi connectivity index (χ3v) is 10.5. The number of aromatic nitrogens is 4. The Labute approximate surface area is 325 Å². The maximum atomic E-state index is 12.3. The predicted octanol–water partition coefficient (Wildman–Crippen LogP) is 9.00. The minimum Gasteiger partial charge on any atom is -0.478 e. The van der Waals surface area contributed by atoms with Gasteiger partial charge in [0.2, 0.25) is 5.13 Å². The summed E-state index contributed by atoms with van der Waals surface area (Å²) in [6, 6.07) is 29.7. The second kappa shape index (κ2) is 16.0. The maximum absolute atomic E-state index is 12.3. The quantitative estimate of drug-likeness (QED) is 0.0240. The molecule has 0 unspecified atom stereocenters. The molecule has 0 saturated heterocycles. The lowest BCUT2D eigenvalue weighted by atomic mass is 10.1. The van der Waals surface area contributed by atoms with Gasteiger partial charge in [-0.1, -0.05) is 58.8 Å². The number of para-hydroxylation sites is 2. The van der Waals surface area contributed by atoms with Crippen LogP contribution in [0.2, 0.25) is 0 Å². The van der Waals surface area contributed by atoms with Crippen molar-refractivity contribution in [2.45, 2.75) is 16.7 Å². The van der Waals surface area contributed by atoms with Gasteiger partial charge < -0.3 is 15.7 Å². The van der Waals surface area contributed by atoms with Crippen molar-refractivity contribution in [1.29, 1.82) is 5.26 Å². The molecule has 5 N–H and O–H groups in total. The number of azo groups is 1. The number of carboxylic acid groups (broad SMARTS) is 1. The molecule has 0 fully saturated rings. The van der Waals surface area contributed by atoms with Gasteiger partial charge in [0.1, 0.15) is 33.7 Å². The first-order chi connectivity index (χ1) is 27.0. The van der Waals surface area contributed by atoms with E-state index in [-0.39, 0.29) is 45.6 Å². The number of aromatic carboxylic acids is 1. The van der Waals surface area contributed by atoms with Gasteiger partial charge in [0, 0.05) is 16.1 Å². The number of benzene rings is 4. The molecule has 0 aliphatic rings. The Bertz CT molecular complexity index is 2770. The Balaban J connectivity index is 1.37. The average Bonchev–Trinajstić information content (AvgIpc) is 3.78. The molecule has 3 heterocycles. The monoisotopic (exact) mass is 807 g/mol. The molecule has 3 aromatic heterocycles. The van der Waals surface area contributed by atoms with Crippen LogP contribution in [0.3, 0.4) is 0 Å². The van der Waals surface area contributed by atoms with E-state index in [1.54, 1.807) is 55.5 Å². The first-order valence-corrected chi connectivity index (χ1v) is 19.0. The minimum absolute atomic E-state index is 0.00584. The molecule has 280 valence electrons. The number of fused-ring (bicyclic) bond motifs is 1. The number of rotatable bonds is 13. The highest BCUT2D eigenvalue weighted by Crippen LogP contribution is 2.39. The second-order valence-electron chi connectivity index (χ2n) is 11.6. The minimum atomic E-state index is -4.69. The molecule has 17 nitrogen and oxygen atoms in total. The van der Waals surface area contributed by atoms with Crippen LogP contribution in [0.15, 0.2) is 123 Å². The zero-order valence-electron chi connectivity index (χ0n) is 28.6. The largest absolute Gasteiger partial charge is 0.478 e. The Morgan fingerprint density at radius 2 is 1.73 bits per heavy atom. The van der Waals surface area contributed by atoms with Crippen molar-refractivity contribution in [3.8, 4) is 22.5 Å². The van der Waals surface area contributed by atoms with Gasteiger partial charge >= 0.3 is 5.97 Å². The number of aryl methyl sites for hydroxylation is 1. The average molecular weight is 808 g/mol. The van der Waals surface area contributed by atoms with E-state index in [4.69, 9.17) is 15.3 Å². The van der Waals surface area contributed by atoms with Crippen LogP contribution in [-0.2, 0) is 19.5 Å². The number of nitriles is 1. The van der Waals surface area contributed by atoms with Crippen molar-refractivity contribution in [1.82, 2.24) is 19.7 Å². The number of anilines is 4. The standard InChI is InChI=1S/C36H25N9O8S3/c1-20-17-30(38-23-8-6-7-22(18-23)35(46)47)41-33(39-27-10-3-5-12-29(27)56(49,50)51)31(20)42-43-34-25(19-37)32(21-13-15-24(16-14-21)55-53-52-48)44-45(34)36-40-26-9-2-4-11-28(26)54-36/h2-18,48H,1H3,(H,46,47)(H2,38,39,41)(H,49,50,51). The fraction of sp³-hybridized carbons (Fsp3) is 0.0278. The van der Waals surface area contributed by atoms with Gasteiger partial charge in [-0.2, -0.15) is 23.5 Å². The van der Waals surface area contributed by atoms with Crippen LogP contribution in [0, 0.1) is 18.3 Å². The van der Waals surface area contributed by atoms with Gasteiger partial charge in [-0.25, -0.2) is 20.0 Å². The Morgan fingerprint density at radius 1 is 0.964 bits per heavy atom. The molecule has 7 rings (SSSR count). The molecule has 0 radical (unpaired) electrons. The lowest BCUT2D eigenvalue weighted by molar-refractivity contribution is -0.432. The Kier molecular flexibility index (Phi) is 10.8. The Hall–Kier alpha value is -6.57. The van der Waals surface area contributed by atoms with Crippen molar-refractivity contribution >= 4 is 84.2 Å². The number of carbonyl (C=O) groups is 1. The van der Waals surface area contributed by atoms with Crippen LogP contribution in [-0.4, -0.2) is 49.1 Å². The van der Waals surface area contributed by atoms with Crippen molar-refractivity contribution < 1.29 is 37.5 Å². The number of hydrogen-bond acceptors (Lipinski definition) is 16. The molecular formula is C36H25N9O8S3. The summed E-state index contributed by atoms with van der Waals surface area (Å²) in [5.41, 5.74) is 2.55. The van der Waals surface area contributed by atoms with Gasteiger partial charge in [0.15, 0.2) is 11.6 Å². The van der Waals surface area contributed by atoms with Gasteiger partial charge in [-0.3, -0.25) is 4.55 Å². The summed E-state index contributed by atoms with van der Waals surface area (Å²) < 4.78 is 41.4. The van der Waals surface area contributed by atoms with Crippen LogP contribution in [0.4, 0.5) is 34.5 Å². The summed E-state index contributed by atoms with van der Waals surface area (Å²) in [4.78, 5) is 21.1. The SMILES string of the molecule is Cc1cc(Nc2cccc(C(=O)O)c2)nc(Nc2ccccc2S(=O)(=O)O)c1N=Nc1c(C#N)c(-c2ccc(SOOO)cc2)nn1-c1nc2ccccc2s1. The van der Waals surface area contributed by atoms with E-state index in [1.165, 1.54) is 46.4 Å². The Morgan fingerprint density at radius 3 is 2.46 bits per heavy atom. The number of carboxylic acids is 1. The first kappa shape index (κ1) is 37.7. The highest BCUT2D eigenvalue weighted by molar-refractivity contribution is 7.94. The summed E-state index contributed by atoms with van der Waals surface area (Å²) >= 11 is 2.08. The normalized spacial score (nSPS) is 11.5. The number of pyridine rings is 1. The lowest BCUT2D eigenvalue weighted by Crippen LogP contribution is -2.05. The number of thiazole rings is 1. The topological polar surface area (TPSA) is 247 Å². The summed E-state index contributed by atoms with van der Waals surface area (Å²) in [5, 5.41) is 52.5. The number of nitrogens with zero attached hydrogens (tertiary/aromatic N) is 7. The zero-order chi connectivity index (χ0) is 39.4. The third kappa shape index (κ3) is 8.09. The van der Waals surface area contributed by atoms with Gasteiger partial charge in [0.05, 0.1) is 33.5 Å². The van der Waals surface area contributed by atoms with Gasteiger partial charge in [0.25, 0.3) is 10.1 Å². The zero-order valence-corrected chi connectivity index (χ0v) is 31.0. The lowest BCUT2D eigenvalue weighted by Gasteiger charge is -2.15. The van der Waals surface area contributed by atoms with E-state index in [1.807, 2.05) is 24.3 Å². The fourth-order valence-electron chi connectivity index (χ4n) is 5.45. The molecule has 0 aliphatic carbocycles. The summed E-state index contributed by atoms with van der Waals surface area (Å²) in [6.45, 7) is 1.70. The predicted molar refractivity (Wildman–Crippen MR) is 207 cm³/mol.